The molecule has 0 aliphatic carbocycles. The molecule has 2 rings (SSSR count). The molecule has 17 heavy (non-hydrogen) atoms. The molecule has 1 aromatic carbocycles. The summed E-state index contributed by atoms with van der Waals surface area (Å²) in [5.41, 5.74) is 0.858. The first-order valence-corrected chi connectivity index (χ1v) is 5.20. The second-order valence-electron chi connectivity index (χ2n) is 3.56. The first-order valence-electron chi connectivity index (χ1n) is 5.20. The number of aryl methyl sites for hydroxylation is 1. The summed E-state index contributed by atoms with van der Waals surface area (Å²) >= 11 is 0. The monoisotopic (exact) mass is 233 g/mol. The predicted octanol–water partition coefficient (Wildman–Crippen LogP) is 2.81. The highest BCUT2D eigenvalue weighted by Gasteiger charge is 2.10. The molecule has 1 N–H and O–H groups in total. The molecule has 0 radical (unpaired) electrons. The second kappa shape index (κ2) is 4.93. The van der Waals surface area contributed by atoms with Crippen LogP contribution in [0.25, 0.3) is 0 Å². The van der Waals surface area contributed by atoms with Crippen LogP contribution in [0.15, 0.2) is 36.5 Å². The maximum Gasteiger partial charge on any atom is 0.148 e. The van der Waals surface area contributed by atoms with Crippen molar-refractivity contribution in [2.45, 2.75) is 13.5 Å². The molecule has 0 saturated carbocycles. The number of aromatic nitrogens is 1. The van der Waals surface area contributed by atoms with Crippen LogP contribution in [0, 0.1) is 12.7 Å². The van der Waals surface area contributed by atoms with Crippen molar-refractivity contribution in [1.29, 1.82) is 0 Å². The third-order valence-corrected chi connectivity index (χ3v) is 2.41. The number of nitrogens with zero attached hydrogens (tertiary/aromatic N) is 1. The van der Waals surface area contributed by atoms with Crippen LogP contribution in [-0.4, -0.2) is 10.1 Å². The predicted molar refractivity (Wildman–Crippen MR) is 61.4 cm³/mol. The molecule has 0 aliphatic heterocycles. The summed E-state index contributed by atoms with van der Waals surface area (Å²) in [4.78, 5) is 4.07. The van der Waals surface area contributed by atoms with Gasteiger partial charge in [-0.3, -0.25) is 4.98 Å². The van der Waals surface area contributed by atoms with Gasteiger partial charge < -0.3 is 9.84 Å². The molecular weight excluding hydrogens is 221 g/mol. The third kappa shape index (κ3) is 2.42. The molecule has 0 spiro atoms. The Kier molecular flexibility index (Phi) is 3.35. The fraction of sp³-hybridized carbons (Fsp3) is 0.154. The normalized spacial score (nSPS) is 10.3. The van der Waals surface area contributed by atoms with Crippen molar-refractivity contribution in [2.24, 2.45) is 0 Å². The van der Waals surface area contributed by atoms with Crippen molar-refractivity contribution in [2.75, 3.05) is 0 Å². The summed E-state index contributed by atoms with van der Waals surface area (Å²) in [5.74, 6) is 0.378. The number of hydrogen-bond acceptors (Lipinski definition) is 3. The number of hydrogen-bond donors (Lipinski definition) is 1. The lowest BCUT2D eigenvalue weighted by Crippen LogP contribution is -1.97. The minimum Gasteiger partial charge on any atom is -0.455 e. The van der Waals surface area contributed by atoms with Crippen LogP contribution in [0.3, 0.4) is 0 Å². The lowest BCUT2D eigenvalue weighted by atomic mass is 10.2. The van der Waals surface area contributed by atoms with Crippen molar-refractivity contribution in [3.8, 4) is 11.5 Å². The Hall–Kier alpha value is -1.94. The summed E-state index contributed by atoms with van der Waals surface area (Å²) in [6.45, 7) is 1.40. The number of aliphatic hydroxyl groups is 1. The summed E-state index contributed by atoms with van der Waals surface area (Å²) < 4.78 is 18.9. The molecular formula is C13H12FNO2. The van der Waals surface area contributed by atoms with E-state index in [0.29, 0.717) is 17.2 Å². The molecule has 1 heterocycles. The molecule has 0 fully saturated rings. The Morgan fingerprint density at radius 1 is 1.24 bits per heavy atom. The minimum atomic E-state index is -0.480. The van der Waals surface area contributed by atoms with Gasteiger partial charge in [-0.15, -0.1) is 0 Å². The van der Waals surface area contributed by atoms with E-state index in [0.717, 1.165) is 0 Å². The molecule has 0 unspecified atom stereocenters. The van der Waals surface area contributed by atoms with E-state index in [1.54, 1.807) is 31.3 Å². The highest BCUT2D eigenvalue weighted by Crippen LogP contribution is 2.28. The lowest BCUT2D eigenvalue weighted by molar-refractivity contribution is 0.269. The van der Waals surface area contributed by atoms with Crippen LogP contribution in [-0.2, 0) is 6.61 Å². The van der Waals surface area contributed by atoms with Gasteiger partial charge in [0.25, 0.3) is 0 Å². The average molecular weight is 233 g/mol. The molecule has 4 heteroatoms. The molecule has 2 aromatic rings. The van der Waals surface area contributed by atoms with Crippen LogP contribution in [0.5, 0.6) is 11.5 Å². The van der Waals surface area contributed by atoms with E-state index in [1.807, 2.05) is 0 Å². The van der Waals surface area contributed by atoms with Crippen molar-refractivity contribution in [3.63, 3.8) is 0 Å². The van der Waals surface area contributed by atoms with Crippen LogP contribution in [0.2, 0.25) is 0 Å². The van der Waals surface area contributed by atoms with Crippen LogP contribution in [0.1, 0.15) is 11.3 Å². The lowest BCUT2D eigenvalue weighted by Gasteiger charge is -2.11. The molecule has 0 saturated heterocycles. The van der Waals surface area contributed by atoms with Crippen molar-refractivity contribution in [1.82, 2.24) is 4.98 Å². The fourth-order valence-electron chi connectivity index (χ4n) is 1.48. The van der Waals surface area contributed by atoms with Gasteiger partial charge in [0.2, 0.25) is 0 Å². The third-order valence-electron chi connectivity index (χ3n) is 2.41. The largest absolute Gasteiger partial charge is 0.455 e. The van der Waals surface area contributed by atoms with Crippen molar-refractivity contribution in [3.05, 3.63) is 53.6 Å². The minimum absolute atomic E-state index is 0.149. The van der Waals surface area contributed by atoms with Gasteiger partial charge >= 0.3 is 0 Å². The number of rotatable bonds is 3. The summed E-state index contributed by atoms with van der Waals surface area (Å²) in [7, 11) is 0. The number of aliphatic hydroxyl groups excluding tert-OH is 1. The maximum atomic E-state index is 13.4. The van der Waals surface area contributed by atoms with Gasteiger partial charge in [-0.1, -0.05) is 6.07 Å². The molecule has 88 valence electrons. The first kappa shape index (κ1) is 11.5. The average Bonchev–Trinajstić information content (AvgIpc) is 2.32. The van der Waals surface area contributed by atoms with E-state index in [4.69, 9.17) is 9.84 Å². The summed E-state index contributed by atoms with van der Waals surface area (Å²) in [6.07, 6.45) is 1.65. The van der Waals surface area contributed by atoms with E-state index in [9.17, 15) is 4.39 Å². The van der Waals surface area contributed by atoms with Gasteiger partial charge in [0.15, 0.2) is 0 Å². The van der Waals surface area contributed by atoms with Crippen LogP contribution < -0.4 is 4.74 Å². The SMILES string of the molecule is Cc1ncccc1Oc1cccc(F)c1CO. The zero-order chi connectivity index (χ0) is 12.3. The van der Waals surface area contributed by atoms with E-state index >= 15 is 0 Å². The Labute approximate surface area is 98.5 Å². The quantitative estimate of drug-likeness (QED) is 0.886. The molecule has 3 nitrogen and oxygen atoms in total. The number of benzene rings is 1. The van der Waals surface area contributed by atoms with E-state index in [1.165, 1.54) is 12.1 Å². The van der Waals surface area contributed by atoms with Crippen LogP contribution >= 0.6 is 0 Å². The van der Waals surface area contributed by atoms with Gasteiger partial charge in [-0.25, -0.2) is 4.39 Å². The van der Waals surface area contributed by atoms with Gasteiger partial charge in [-0.05, 0) is 31.2 Å². The number of halogens is 1. The van der Waals surface area contributed by atoms with Crippen LogP contribution in [0.4, 0.5) is 4.39 Å². The fourth-order valence-corrected chi connectivity index (χ4v) is 1.48. The summed E-state index contributed by atoms with van der Waals surface area (Å²) in [5, 5.41) is 9.11. The zero-order valence-corrected chi connectivity index (χ0v) is 9.35. The number of ether oxygens (including phenoxy) is 1. The Bertz CT molecular complexity index is 529. The van der Waals surface area contributed by atoms with E-state index in [-0.39, 0.29) is 5.56 Å². The van der Waals surface area contributed by atoms with Gasteiger partial charge in [-0.2, -0.15) is 0 Å². The van der Waals surface area contributed by atoms with E-state index < -0.39 is 12.4 Å². The molecule has 0 atom stereocenters. The van der Waals surface area contributed by atoms with Gasteiger partial charge in [0, 0.05) is 6.20 Å². The Morgan fingerprint density at radius 2 is 2.00 bits per heavy atom. The summed E-state index contributed by atoms with van der Waals surface area (Å²) in [6, 6.07) is 7.92. The highest BCUT2D eigenvalue weighted by atomic mass is 19.1. The van der Waals surface area contributed by atoms with Crippen molar-refractivity contribution < 1.29 is 14.2 Å². The number of pyridine rings is 1. The maximum absolute atomic E-state index is 13.4. The molecule has 0 aliphatic rings. The second-order valence-corrected chi connectivity index (χ2v) is 3.56. The highest BCUT2D eigenvalue weighted by molar-refractivity contribution is 5.39. The Balaban J connectivity index is 2.37. The van der Waals surface area contributed by atoms with Crippen molar-refractivity contribution >= 4 is 0 Å². The zero-order valence-electron chi connectivity index (χ0n) is 9.35. The van der Waals surface area contributed by atoms with Gasteiger partial charge in [0.05, 0.1) is 17.9 Å². The Morgan fingerprint density at radius 3 is 2.71 bits per heavy atom. The van der Waals surface area contributed by atoms with E-state index in [2.05, 4.69) is 4.98 Å². The topological polar surface area (TPSA) is 42.4 Å². The van der Waals surface area contributed by atoms with Gasteiger partial charge in [0.1, 0.15) is 17.3 Å². The molecule has 0 bridgehead atoms. The smallest absolute Gasteiger partial charge is 0.148 e. The molecule has 0 amide bonds. The molecule has 1 aromatic heterocycles. The first-order chi connectivity index (χ1) is 8.22. The standard InChI is InChI=1S/C13H12FNO2/c1-9-12(6-3-7-15-9)17-13-5-2-4-11(14)10(13)8-16/h2-7,16H,8H2,1H3.